The van der Waals surface area contributed by atoms with Gasteiger partial charge in [0.1, 0.15) is 24.9 Å². The molecule has 1 aliphatic rings. The standard InChI is InChI=1S/C52H96N5O9P/c1-9-10-11-12-13-14-15-16-19-22-25-28-31-34-39-55(40-35-32-29-26-23-20-17-18-21-24-27-30-33-36-48(59)61-7)63-43-46-49(66-67(64-42-38-53-6)57(44(2)3)45(4)5)50(62-8)51(65-46)56-41-37-47(58)54-52(56)60/h37,41,44-46,49-51H,9-36,38-40,42-43H2,1-5,7-8H3,(H,54,58,60)/t46-,49?,50+,51-,67?/m1/s1. The fourth-order valence-electron chi connectivity index (χ4n) is 8.97. The van der Waals surface area contributed by atoms with Gasteiger partial charge in [-0.1, -0.05) is 161 Å². The van der Waals surface area contributed by atoms with E-state index in [0.29, 0.717) is 6.42 Å². The number of rotatable bonds is 44. The van der Waals surface area contributed by atoms with E-state index in [1.807, 2.05) is 0 Å². The first-order valence-electron chi connectivity index (χ1n) is 26.7. The van der Waals surface area contributed by atoms with Crippen molar-refractivity contribution in [2.45, 2.75) is 251 Å². The highest BCUT2D eigenvalue weighted by Gasteiger charge is 2.50. The summed E-state index contributed by atoms with van der Waals surface area (Å²) in [5.41, 5.74) is -1.09. The molecule has 1 fully saturated rings. The van der Waals surface area contributed by atoms with Gasteiger partial charge >= 0.3 is 11.7 Å². The van der Waals surface area contributed by atoms with Crippen LogP contribution in [0.15, 0.2) is 21.9 Å². The number of nitrogens with one attached hydrogen (secondary N) is 1. The summed E-state index contributed by atoms with van der Waals surface area (Å²) in [6, 6.07) is 1.47. The van der Waals surface area contributed by atoms with Crippen molar-refractivity contribution in [2.24, 2.45) is 0 Å². The summed E-state index contributed by atoms with van der Waals surface area (Å²) in [4.78, 5) is 49.0. The van der Waals surface area contributed by atoms with Crippen LogP contribution in [0.2, 0.25) is 0 Å². The fourth-order valence-corrected chi connectivity index (χ4v) is 10.7. The average molecular weight is 966 g/mol. The molecule has 0 bridgehead atoms. The van der Waals surface area contributed by atoms with Gasteiger partial charge in [0.2, 0.25) is 6.54 Å². The zero-order valence-corrected chi connectivity index (χ0v) is 44.3. The van der Waals surface area contributed by atoms with Gasteiger partial charge in [-0.25, -0.2) is 16.0 Å². The molecule has 1 aliphatic heterocycles. The van der Waals surface area contributed by atoms with E-state index < -0.39 is 44.3 Å². The molecule has 0 aliphatic carbocycles. The van der Waals surface area contributed by atoms with Crippen LogP contribution in [0, 0.1) is 6.57 Å². The smallest absolute Gasteiger partial charge is 0.330 e. The van der Waals surface area contributed by atoms with E-state index in [1.54, 1.807) is 7.11 Å². The van der Waals surface area contributed by atoms with Gasteiger partial charge in [-0.05, 0) is 47.0 Å². The van der Waals surface area contributed by atoms with Crippen LogP contribution in [0.5, 0.6) is 0 Å². The van der Waals surface area contributed by atoms with Gasteiger partial charge in [-0.3, -0.25) is 24.0 Å². The Morgan fingerprint density at radius 3 is 1.66 bits per heavy atom. The number of H-pyrrole nitrogens is 1. The normalized spacial score (nSPS) is 17.9. The fraction of sp³-hybridized carbons (Fsp3) is 0.885. The molecule has 5 atom stereocenters. The maximum Gasteiger partial charge on any atom is 0.330 e. The van der Waals surface area contributed by atoms with Gasteiger partial charge in [-0.2, -0.15) is 5.06 Å². The molecule has 0 radical (unpaired) electrons. The largest absolute Gasteiger partial charge is 0.469 e. The lowest BCUT2D eigenvalue weighted by molar-refractivity contribution is -0.193. The molecule has 0 aromatic carbocycles. The number of unbranched alkanes of at least 4 members (excludes halogenated alkanes) is 25. The molecule has 2 unspecified atom stereocenters. The molecule has 2 heterocycles. The molecule has 0 amide bonds. The number of hydroxylamine groups is 2. The van der Waals surface area contributed by atoms with E-state index in [9.17, 15) is 14.4 Å². The van der Waals surface area contributed by atoms with Crippen molar-refractivity contribution in [3.05, 3.63) is 44.5 Å². The molecule has 1 aromatic rings. The number of esters is 1. The van der Waals surface area contributed by atoms with Crippen LogP contribution in [0.3, 0.4) is 0 Å². The number of ether oxygens (including phenoxy) is 3. The Bertz CT molecular complexity index is 1520. The Morgan fingerprint density at radius 1 is 0.746 bits per heavy atom. The molecule has 67 heavy (non-hydrogen) atoms. The van der Waals surface area contributed by atoms with Crippen LogP contribution in [0.1, 0.15) is 221 Å². The maximum absolute atomic E-state index is 13.1. The molecule has 2 rings (SSSR count). The molecule has 1 saturated heterocycles. The number of aromatic nitrogens is 2. The van der Waals surface area contributed by atoms with Gasteiger partial charge in [-0.15, -0.1) is 0 Å². The van der Waals surface area contributed by atoms with Crippen molar-refractivity contribution >= 4 is 14.5 Å². The van der Waals surface area contributed by atoms with Crippen LogP contribution in [-0.4, -0.2) is 103 Å². The Morgan fingerprint density at radius 2 is 1.22 bits per heavy atom. The van der Waals surface area contributed by atoms with Crippen molar-refractivity contribution in [1.82, 2.24) is 19.3 Å². The monoisotopic (exact) mass is 966 g/mol. The third-order valence-electron chi connectivity index (χ3n) is 12.7. The second-order valence-electron chi connectivity index (χ2n) is 19.1. The van der Waals surface area contributed by atoms with Crippen molar-refractivity contribution in [1.29, 1.82) is 0 Å². The summed E-state index contributed by atoms with van der Waals surface area (Å²) in [5.74, 6) is -0.104. The minimum Gasteiger partial charge on any atom is -0.469 e. The Balaban J connectivity index is 2.04. The first kappa shape index (κ1) is 60.9. The first-order chi connectivity index (χ1) is 32.6. The molecule has 15 heteroatoms. The van der Waals surface area contributed by atoms with Crippen molar-refractivity contribution in [3.63, 3.8) is 0 Å². The molecule has 1 aromatic heterocycles. The van der Waals surface area contributed by atoms with E-state index in [0.717, 1.165) is 51.6 Å². The topological polar surface area (TPSA) is 138 Å². The lowest BCUT2D eigenvalue weighted by Gasteiger charge is -2.38. The first-order valence-corrected chi connectivity index (χ1v) is 27.9. The van der Waals surface area contributed by atoms with Crippen LogP contribution in [0.25, 0.3) is 4.85 Å². The van der Waals surface area contributed by atoms with Gasteiger partial charge in [0, 0.05) is 51.0 Å². The van der Waals surface area contributed by atoms with E-state index >= 15 is 0 Å². The molecular formula is C52H96N5O9P. The van der Waals surface area contributed by atoms with Crippen LogP contribution in [0.4, 0.5) is 0 Å². The third kappa shape index (κ3) is 27.1. The predicted octanol–water partition coefficient (Wildman–Crippen LogP) is 12.5. The second-order valence-corrected chi connectivity index (χ2v) is 20.5. The Kier molecular flexibility index (Phi) is 35.9. The number of hydrogen-bond donors (Lipinski definition) is 1. The van der Waals surface area contributed by atoms with Crippen molar-refractivity contribution < 1.29 is 32.9 Å². The minimum absolute atomic E-state index is 0.0856. The lowest BCUT2D eigenvalue weighted by Crippen LogP contribution is -2.42. The van der Waals surface area contributed by atoms with Gasteiger partial charge < -0.3 is 28.1 Å². The maximum atomic E-state index is 13.1. The SMILES string of the molecule is [C-]#[N+]CCOP(OC1[C@@H](CON(CCCCCCCCCCCCCCCC)CCCCCCCCCCCCCCCC(=O)OC)O[C@@H](n2ccc(=O)[nH]c2=O)[C@H]1OC)N(C(C)C)C(C)C. The highest BCUT2D eigenvalue weighted by Crippen LogP contribution is 2.50. The number of carbonyl (C=O) groups is 1. The number of nitrogens with zero attached hydrogens (tertiary/aromatic N) is 4. The molecule has 0 saturated carbocycles. The number of aromatic amines is 1. The summed E-state index contributed by atoms with van der Waals surface area (Å²) in [7, 11) is 1.37. The summed E-state index contributed by atoms with van der Waals surface area (Å²) >= 11 is 0. The molecule has 388 valence electrons. The minimum atomic E-state index is -1.66. The summed E-state index contributed by atoms with van der Waals surface area (Å²) in [6.45, 7) is 20.2. The van der Waals surface area contributed by atoms with Crippen molar-refractivity contribution in [2.75, 3.05) is 47.1 Å². The van der Waals surface area contributed by atoms with Gasteiger partial charge in [0.15, 0.2) is 6.23 Å². The highest BCUT2D eigenvalue weighted by atomic mass is 31.2. The van der Waals surface area contributed by atoms with Crippen molar-refractivity contribution in [3.8, 4) is 0 Å². The quantitative estimate of drug-likeness (QED) is 0.0220. The number of methoxy groups -OCH3 is 2. The number of carbonyl (C=O) groups excluding carboxylic acids is 1. The van der Waals surface area contributed by atoms with Gasteiger partial charge in [0.25, 0.3) is 14.1 Å². The lowest BCUT2D eigenvalue weighted by atomic mass is 10.0. The van der Waals surface area contributed by atoms with Crippen LogP contribution >= 0.6 is 8.53 Å². The molecule has 0 spiro atoms. The second kappa shape index (κ2) is 39.5. The predicted molar refractivity (Wildman–Crippen MR) is 272 cm³/mol. The summed E-state index contributed by atoms with van der Waals surface area (Å²) in [6.07, 6.45) is 32.9. The van der Waals surface area contributed by atoms with Crippen LogP contribution < -0.4 is 11.2 Å². The summed E-state index contributed by atoms with van der Waals surface area (Å²) < 4.78 is 34.2. The average Bonchev–Trinajstić information content (AvgIpc) is 3.64. The zero-order chi connectivity index (χ0) is 48.9. The number of hydrogen-bond acceptors (Lipinski definition) is 11. The zero-order valence-electron chi connectivity index (χ0n) is 43.4. The third-order valence-corrected chi connectivity index (χ3v) is 14.9. The Labute approximate surface area is 408 Å². The van der Waals surface area contributed by atoms with Crippen LogP contribution in [-0.2, 0) is 32.9 Å². The molecular weight excluding hydrogens is 870 g/mol. The molecule has 14 nitrogen and oxygen atoms in total. The van der Waals surface area contributed by atoms with E-state index in [1.165, 1.54) is 159 Å². The highest BCUT2D eigenvalue weighted by molar-refractivity contribution is 7.44. The van der Waals surface area contributed by atoms with E-state index in [-0.39, 0.29) is 37.8 Å². The molecule has 1 N–H and O–H groups in total. The van der Waals surface area contributed by atoms with E-state index in [4.69, 9.17) is 34.7 Å². The van der Waals surface area contributed by atoms with E-state index in [2.05, 4.69) is 54.2 Å². The Hall–Kier alpha value is -2.21. The summed E-state index contributed by atoms with van der Waals surface area (Å²) in [5, 5.41) is 2.11. The van der Waals surface area contributed by atoms with Gasteiger partial charge in [0.05, 0.1) is 13.7 Å².